The SMILES string of the molecule is CCCCCCCCCCCCCCCC(=O)OCCOCCOCCOCCOCCOCCOCCOCCOCCOC(c1ccccc1)(c1ccccc1)c1ccccc1. The minimum Gasteiger partial charge on any atom is -0.463 e. The van der Waals surface area contributed by atoms with E-state index in [-0.39, 0.29) is 12.6 Å². The molecule has 3 aromatic rings. The minimum atomic E-state index is -0.755. The van der Waals surface area contributed by atoms with Crippen molar-refractivity contribution in [2.75, 3.05) is 119 Å². The van der Waals surface area contributed by atoms with Crippen molar-refractivity contribution in [2.24, 2.45) is 0 Å². The third-order valence-corrected chi connectivity index (χ3v) is 10.7. The summed E-state index contributed by atoms with van der Waals surface area (Å²) in [6.45, 7) is 10.5. The van der Waals surface area contributed by atoms with Crippen molar-refractivity contribution in [1.29, 1.82) is 0 Å². The van der Waals surface area contributed by atoms with E-state index in [2.05, 4.69) is 43.3 Å². The largest absolute Gasteiger partial charge is 0.463 e. The number of rotatable bonds is 45. The summed E-state index contributed by atoms with van der Waals surface area (Å²) in [5, 5.41) is 0. The molecular weight excluding hydrogens is 813 g/mol. The molecule has 3 aromatic carbocycles. The van der Waals surface area contributed by atoms with Crippen molar-refractivity contribution >= 4 is 5.97 Å². The quantitative estimate of drug-likeness (QED) is 0.0307. The lowest BCUT2D eigenvalue weighted by molar-refractivity contribution is -0.145. The van der Waals surface area contributed by atoms with E-state index < -0.39 is 5.60 Å². The maximum Gasteiger partial charge on any atom is 0.305 e. The lowest BCUT2D eigenvalue weighted by atomic mass is 9.80. The van der Waals surface area contributed by atoms with E-state index in [9.17, 15) is 4.79 Å². The van der Waals surface area contributed by atoms with Gasteiger partial charge in [0.25, 0.3) is 0 Å². The lowest BCUT2D eigenvalue weighted by Crippen LogP contribution is -2.34. The van der Waals surface area contributed by atoms with Crippen LogP contribution in [0.25, 0.3) is 0 Å². The third kappa shape index (κ3) is 26.7. The Balaban J connectivity index is 1.00. The molecule has 0 heterocycles. The summed E-state index contributed by atoms with van der Waals surface area (Å²) in [6.07, 6.45) is 17.3. The van der Waals surface area contributed by atoms with E-state index in [1.54, 1.807) is 0 Å². The number of unbranched alkanes of at least 4 members (excludes halogenated alkanes) is 12. The number of benzene rings is 3. The Morgan fingerprint density at radius 1 is 0.344 bits per heavy atom. The van der Waals surface area contributed by atoms with Crippen LogP contribution in [0.3, 0.4) is 0 Å². The van der Waals surface area contributed by atoms with E-state index in [0.29, 0.717) is 119 Å². The van der Waals surface area contributed by atoms with Gasteiger partial charge in [-0.25, -0.2) is 0 Å². The maximum absolute atomic E-state index is 11.9. The fraction of sp³-hybridized carbons (Fsp3) is 0.642. The van der Waals surface area contributed by atoms with Gasteiger partial charge < -0.3 is 47.4 Å². The first kappa shape index (κ1) is 55.1. The maximum atomic E-state index is 11.9. The predicted octanol–water partition coefficient (Wildman–Crippen LogP) is 10.2. The molecule has 3 rings (SSSR count). The molecule has 0 spiro atoms. The Bertz CT molecular complexity index is 1350. The molecule has 0 aliphatic heterocycles. The summed E-state index contributed by atoms with van der Waals surface area (Å²) in [5.74, 6) is -0.133. The molecule has 0 saturated heterocycles. The van der Waals surface area contributed by atoms with Gasteiger partial charge in [0.15, 0.2) is 0 Å². The van der Waals surface area contributed by atoms with Gasteiger partial charge in [-0.05, 0) is 23.1 Å². The Hall–Kier alpha value is -3.23. The van der Waals surface area contributed by atoms with E-state index in [4.69, 9.17) is 47.4 Å². The van der Waals surface area contributed by atoms with Gasteiger partial charge >= 0.3 is 5.97 Å². The number of esters is 1. The van der Waals surface area contributed by atoms with Crippen LogP contribution >= 0.6 is 0 Å². The monoisotopic (exact) mass is 895 g/mol. The molecule has 0 bridgehead atoms. The molecule has 0 aliphatic carbocycles. The number of hydrogen-bond acceptors (Lipinski definition) is 11. The van der Waals surface area contributed by atoms with Crippen LogP contribution in [0.2, 0.25) is 0 Å². The fourth-order valence-corrected chi connectivity index (χ4v) is 7.24. The van der Waals surface area contributed by atoms with Crippen LogP contribution in [-0.4, -0.2) is 125 Å². The summed E-state index contributed by atoms with van der Waals surface area (Å²) >= 11 is 0. The zero-order valence-electron chi connectivity index (χ0n) is 39.3. The van der Waals surface area contributed by atoms with Crippen molar-refractivity contribution < 1.29 is 52.2 Å². The van der Waals surface area contributed by atoms with Crippen LogP contribution in [0.5, 0.6) is 0 Å². The second-order valence-corrected chi connectivity index (χ2v) is 15.7. The van der Waals surface area contributed by atoms with Crippen LogP contribution in [0, 0.1) is 0 Å². The van der Waals surface area contributed by atoms with Crippen molar-refractivity contribution in [3.63, 3.8) is 0 Å². The molecule has 0 unspecified atom stereocenters. The van der Waals surface area contributed by atoms with Gasteiger partial charge in [0, 0.05) is 6.42 Å². The van der Waals surface area contributed by atoms with Crippen molar-refractivity contribution in [1.82, 2.24) is 0 Å². The molecule has 11 nitrogen and oxygen atoms in total. The van der Waals surface area contributed by atoms with Crippen LogP contribution < -0.4 is 0 Å². The van der Waals surface area contributed by atoms with Crippen LogP contribution in [0.4, 0.5) is 0 Å². The summed E-state index contributed by atoms with van der Waals surface area (Å²) in [6, 6.07) is 31.0. The topological polar surface area (TPSA) is 109 Å². The zero-order chi connectivity index (χ0) is 45.1. The van der Waals surface area contributed by atoms with Crippen molar-refractivity contribution in [3.8, 4) is 0 Å². The number of hydrogen-bond donors (Lipinski definition) is 0. The first-order valence-corrected chi connectivity index (χ1v) is 24.4. The highest BCUT2D eigenvalue weighted by atomic mass is 16.6. The molecule has 0 N–H and O–H groups in total. The highest BCUT2D eigenvalue weighted by Gasteiger charge is 2.37. The van der Waals surface area contributed by atoms with Crippen molar-refractivity contribution in [3.05, 3.63) is 108 Å². The molecular formula is C53H82O11. The Morgan fingerprint density at radius 2 is 0.609 bits per heavy atom. The van der Waals surface area contributed by atoms with Gasteiger partial charge in [0.1, 0.15) is 12.2 Å². The number of ether oxygens (including phenoxy) is 10. The molecule has 0 radical (unpaired) electrons. The predicted molar refractivity (Wildman–Crippen MR) is 253 cm³/mol. The van der Waals surface area contributed by atoms with Gasteiger partial charge in [-0.1, -0.05) is 175 Å². The summed E-state index contributed by atoms with van der Waals surface area (Å²) in [4.78, 5) is 11.9. The van der Waals surface area contributed by atoms with Gasteiger partial charge in [-0.3, -0.25) is 4.79 Å². The molecule has 0 atom stereocenters. The van der Waals surface area contributed by atoms with Crippen LogP contribution in [0.1, 0.15) is 114 Å². The smallest absolute Gasteiger partial charge is 0.305 e. The lowest BCUT2D eigenvalue weighted by Gasteiger charge is -2.36. The van der Waals surface area contributed by atoms with E-state index in [1.807, 2.05) is 54.6 Å². The first-order valence-electron chi connectivity index (χ1n) is 24.4. The average Bonchev–Trinajstić information content (AvgIpc) is 3.33. The Morgan fingerprint density at radius 3 is 0.922 bits per heavy atom. The molecule has 0 amide bonds. The summed E-state index contributed by atoms with van der Waals surface area (Å²) < 4.78 is 56.8. The van der Waals surface area contributed by atoms with Gasteiger partial charge in [-0.2, -0.15) is 0 Å². The van der Waals surface area contributed by atoms with E-state index in [0.717, 1.165) is 29.5 Å². The molecule has 64 heavy (non-hydrogen) atoms. The van der Waals surface area contributed by atoms with Crippen LogP contribution in [0.15, 0.2) is 91.0 Å². The van der Waals surface area contributed by atoms with Crippen molar-refractivity contribution in [2.45, 2.75) is 102 Å². The van der Waals surface area contributed by atoms with Gasteiger partial charge in [0.2, 0.25) is 0 Å². The number of carbonyl (C=O) groups excluding carboxylic acids is 1. The Kier molecular flexibility index (Phi) is 34.5. The van der Waals surface area contributed by atoms with Gasteiger partial charge in [0.05, 0.1) is 112 Å². The zero-order valence-corrected chi connectivity index (χ0v) is 39.3. The molecule has 0 aliphatic rings. The molecule has 0 fully saturated rings. The minimum absolute atomic E-state index is 0.133. The normalized spacial score (nSPS) is 11.6. The van der Waals surface area contributed by atoms with E-state index in [1.165, 1.54) is 70.6 Å². The van der Waals surface area contributed by atoms with Crippen LogP contribution in [-0.2, 0) is 57.8 Å². The molecule has 0 aromatic heterocycles. The summed E-state index contributed by atoms with van der Waals surface area (Å²) in [7, 11) is 0. The standard InChI is InChI=1S/C53H82O11/c1-2-3-4-5-6-7-8-9-10-11-12-13-23-30-52(54)63-47-45-61-43-41-59-39-37-57-35-33-55-31-32-56-34-36-58-38-40-60-42-44-62-46-48-64-53(49-24-17-14-18-25-49,50-26-19-15-20-27-50)51-28-21-16-22-29-51/h14-22,24-29H,2-13,23,30-48H2,1H3. The number of carbonyl (C=O) groups is 1. The van der Waals surface area contributed by atoms with Gasteiger partial charge in [-0.15, -0.1) is 0 Å². The van der Waals surface area contributed by atoms with E-state index >= 15 is 0 Å². The summed E-state index contributed by atoms with van der Waals surface area (Å²) in [5.41, 5.74) is 2.44. The average molecular weight is 895 g/mol. The highest BCUT2D eigenvalue weighted by Crippen LogP contribution is 2.40. The molecule has 11 heteroatoms. The second-order valence-electron chi connectivity index (χ2n) is 15.7. The first-order chi connectivity index (χ1) is 31.8. The highest BCUT2D eigenvalue weighted by molar-refractivity contribution is 5.69. The second kappa shape index (κ2) is 40.1. The third-order valence-electron chi connectivity index (χ3n) is 10.7. The fourth-order valence-electron chi connectivity index (χ4n) is 7.24. The molecule has 0 saturated carbocycles. The Labute approximate surface area is 386 Å². The molecule has 360 valence electrons.